The number of nitrogens with zero attached hydrogens (tertiary/aromatic N) is 1. The normalized spacial score (nSPS) is 10.4. The van der Waals surface area contributed by atoms with Gasteiger partial charge in [-0.1, -0.05) is 11.6 Å². The summed E-state index contributed by atoms with van der Waals surface area (Å²) in [6.45, 7) is 0.984. The maximum Gasteiger partial charge on any atom is 0.344 e. The van der Waals surface area contributed by atoms with E-state index in [2.05, 4.69) is 0 Å². The van der Waals surface area contributed by atoms with Crippen molar-refractivity contribution in [2.24, 2.45) is 0 Å². The van der Waals surface area contributed by atoms with Crippen LogP contribution in [0.25, 0.3) is 22.3 Å². The molecule has 0 radical (unpaired) electrons. The highest BCUT2D eigenvalue weighted by Gasteiger charge is 2.16. The zero-order valence-electron chi connectivity index (χ0n) is 21.0. The average molecular weight is 580 g/mol. The van der Waals surface area contributed by atoms with Gasteiger partial charge in [-0.05, 0) is 68.7 Å². The quantitative estimate of drug-likeness (QED) is 0.181. The molecule has 0 amide bonds. The fourth-order valence-corrected chi connectivity index (χ4v) is 3.22. The van der Waals surface area contributed by atoms with Gasteiger partial charge < -0.3 is 39.2 Å². The van der Waals surface area contributed by atoms with Crippen LogP contribution in [-0.2, 0) is 9.53 Å². The van der Waals surface area contributed by atoms with Gasteiger partial charge in [-0.15, -0.1) is 12.4 Å². The van der Waals surface area contributed by atoms with Crippen LogP contribution in [0.1, 0.15) is 0 Å². The van der Waals surface area contributed by atoms with Gasteiger partial charge in [0.25, 0.3) is 0 Å². The second-order valence-corrected chi connectivity index (χ2v) is 8.70. The van der Waals surface area contributed by atoms with Crippen molar-refractivity contribution in [3.63, 3.8) is 0 Å². The molecule has 4 rings (SSSR count). The number of esters is 1. The lowest BCUT2D eigenvalue weighted by molar-refractivity contribution is -0.146. The number of ether oxygens (including phenoxy) is 2. The largest absolute Gasteiger partial charge is 0.508 e. The summed E-state index contributed by atoms with van der Waals surface area (Å²) in [5.74, 6) is -1.38. The molecule has 12 heteroatoms. The Morgan fingerprint density at radius 3 is 2.28 bits per heavy atom. The lowest BCUT2D eigenvalue weighted by atomic mass is 10.1. The molecule has 4 aromatic rings. The minimum absolute atomic E-state index is 0. The van der Waals surface area contributed by atoms with Crippen molar-refractivity contribution >= 4 is 40.9 Å². The number of likely N-dealkylation sites (N-methyl/N-ethyl adjacent to an activating group) is 1. The molecule has 0 aliphatic rings. The van der Waals surface area contributed by atoms with Gasteiger partial charge in [0.2, 0.25) is 11.2 Å². The predicted molar refractivity (Wildman–Crippen MR) is 148 cm³/mol. The molecule has 1 aromatic heterocycles. The van der Waals surface area contributed by atoms with Gasteiger partial charge in [0, 0.05) is 23.2 Å². The van der Waals surface area contributed by atoms with Crippen LogP contribution in [-0.4, -0.2) is 65.1 Å². The summed E-state index contributed by atoms with van der Waals surface area (Å²) in [7, 11) is 3.83. The minimum Gasteiger partial charge on any atom is -0.508 e. The van der Waals surface area contributed by atoms with E-state index in [9.17, 15) is 30.0 Å². The van der Waals surface area contributed by atoms with Crippen molar-refractivity contribution in [1.82, 2.24) is 4.90 Å². The van der Waals surface area contributed by atoms with E-state index in [-0.39, 0.29) is 58.8 Å². The highest BCUT2D eigenvalue weighted by atomic mass is 35.5. The summed E-state index contributed by atoms with van der Waals surface area (Å²) in [5, 5.41) is 38.9. The Kier molecular flexibility index (Phi) is 11.3. The molecule has 0 bridgehead atoms. The number of hydrogen-bond donors (Lipinski definition) is 4. The van der Waals surface area contributed by atoms with E-state index in [1.54, 1.807) is 24.3 Å². The van der Waals surface area contributed by atoms with E-state index in [1.165, 1.54) is 30.3 Å². The van der Waals surface area contributed by atoms with Gasteiger partial charge in [0.1, 0.15) is 23.7 Å². The van der Waals surface area contributed by atoms with E-state index >= 15 is 0 Å². The topological polar surface area (TPSA) is 150 Å². The number of phenolic OH excluding ortho intramolecular Hbond substituents is 3. The van der Waals surface area contributed by atoms with Crippen molar-refractivity contribution < 1.29 is 39.1 Å². The Hall–Kier alpha value is -4.12. The fourth-order valence-electron chi connectivity index (χ4n) is 3.09. The first-order chi connectivity index (χ1) is 18.0. The van der Waals surface area contributed by atoms with E-state index < -0.39 is 16.9 Å². The van der Waals surface area contributed by atoms with Crippen molar-refractivity contribution in [2.75, 3.05) is 33.9 Å². The highest BCUT2D eigenvalue weighted by molar-refractivity contribution is 6.30. The lowest BCUT2D eigenvalue weighted by Gasteiger charge is -2.10. The Morgan fingerprint density at radius 1 is 0.949 bits per heavy atom. The maximum atomic E-state index is 12.1. The van der Waals surface area contributed by atoms with Gasteiger partial charge >= 0.3 is 5.97 Å². The summed E-state index contributed by atoms with van der Waals surface area (Å²) >= 11 is 5.72. The second-order valence-electron chi connectivity index (χ2n) is 8.26. The SMILES string of the molecule is CN(C)CCOC(=O)COc1ccc(Cl)cc1.Cl.O=c1c(O)c(-c2ccc(O)c(O)c2)oc2cc(O)ccc12. The second kappa shape index (κ2) is 14.1. The lowest BCUT2D eigenvalue weighted by Crippen LogP contribution is -2.22. The molecular weight excluding hydrogens is 553 g/mol. The van der Waals surface area contributed by atoms with Crippen LogP contribution in [0, 0.1) is 0 Å². The standard InChI is InChI=1S/C15H10O6.C12H16ClNO3.ClH/c16-8-2-3-9-12(6-8)21-15(14(20)13(9)19)7-1-4-10(17)11(18)5-7;1-14(2)7-8-16-12(15)9-17-11-5-3-10(13)4-6-11;/h1-6,16-18,20H;3-6H,7-9H2,1-2H3;1H. The molecule has 208 valence electrons. The summed E-state index contributed by atoms with van der Waals surface area (Å²) in [5.41, 5.74) is -0.343. The third kappa shape index (κ3) is 8.71. The first kappa shape index (κ1) is 31.1. The van der Waals surface area contributed by atoms with Gasteiger partial charge in [-0.25, -0.2) is 4.79 Å². The van der Waals surface area contributed by atoms with Crippen molar-refractivity contribution in [3.8, 4) is 40.1 Å². The number of carbonyl (C=O) groups excluding carboxylic acids is 1. The minimum atomic E-state index is -0.654. The van der Waals surface area contributed by atoms with Crippen LogP contribution >= 0.6 is 24.0 Å². The van der Waals surface area contributed by atoms with E-state index in [0.717, 1.165) is 6.07 Å². The third-order valence-electron chi connectivity index (χ3n) is 5.06. The Morgan fingerprint density at radius 2 is 1.64 bits per heavy atom. The van der Waals surface area contributed by atoms with Gasteiger partial charge in [0.05, 0.1) is 5.39 Å². The Bertz CT molecular complexity index is 1470. The molecule has 39 heavy (non-hydrogen) atoms. The molecule has 0 aliphatic carbocycles. The van der Waals surface area contributed by atoms with Gasteiger partial charge in [-0.2, -0.15) is 0 Å². The van der Waals surface area contributed by atoms with Crippen LogP contribution in [0.15, 0.2) is 69.9 Å². The van der Waals surface area contributed by atoms with Crippen LogP contribution < -0.4 is 10.2 Å². The van der Waals surface area contributed by atoms with Crippen LogP contribution in [0.2, 0.25) is 5.02 Å². The molecule has 0 unspecified atom stereocenters. The number of aromatic hydroxyl groups is 4. The number of halogens is 2. The van der Waals surface area contributed by atoms with Crippen molar-refractivity contribution in [2.45, 2.75) is 0 Å². The monoisotopic (exact) mass is 579 g/mol. The fraction of sp³-hybridized carbons (Fsp3) is 0.185. The molecule has 1 heterocycles. The molecule has 0 saturated heterocycles. The highest BCUT2D eigenvalue weighted by Crippen LogP contribution is 2.35. The number of carbonyl (C=O) groups is 1. The van der Waals surface area contributed by atoms with Gasteiger partial charge in [-0.3, -0.25) is 4.79 Å². The smallest absolute Gasteiger partial charge is 0.344 e. The molecule has 0 atom stereocenters. The third-order valence-corrected chi connectivity index (χ3v) is 5.31. The van der Waals surface area contributed by atoms with E-state index in [1.807, 2.05) is 19.0 Å². The summed E-state index contributed by atoms with van der Waals surface area (Å²) < 4.78 is 15.6. The van der Waals surface area contributed by atoms with E-state index in [0.29, 0.717) is 23.9 Å². The van der Waals surface area contributed by atoms with Crippen LogP contribution in [0.5, 0.6) is 28.7 Å². The summed E-state index contributed by atoms with van der Waals surface area (Å²) in [6.07, 6.45) is 0. The number of rotatable bonds is 7. The zero-order chi connectivity index (χ0) is 27.8. The van der Waals surface area contributed by atoms with Crippen LogP contribution in [0.4, 0.5) is 0 Å². The van der Waals surface area contributed by atoms with E-state index in [4.69, 9.17) is 25.5 Å². The average Bonchev–Trinajstić information content (AvgIpc) is 2.87. The number of fused-ring (bicyclic) bond motifs is 1. The molecule has 0 saturated carbocycles. The van der Waals surface area contributed by atoms with Crippen molar-refractivity contribution in [1.29, 1.82) is 0 Å². The summed E-state index contributed by atoms with van der Waals surface area (Å²) in [6, 6.07) is 14.5. The van der Waals surface area contributed by atoms with Gasteiger partial charge in [0.15, 0.2) is 23.9 Å². The maximum absolute atomic E-state index is 12.1. The predicted octanol–water partition coefficient (Wildman–Crippen LogP) is 4.53. The summed E-state index contributed by atoms with van der Waals surface area (Å²) in [4.78, 5) is 25.3. The molecule has 4 N–H and O–H groups in total. The first-order valence-electron chi connectivity index (χ1n) is 11.2. The molecule has 0 fully saturated rings. The van der Waals surface area contributed by atoms with Crippen molar-refractivity contribution in [3.05, 3.63) is 75.9 Å². The molecular formula is C27H27Cl2NO9. The number of benzene rings is 3. The number of phenols is 3. The molecule has 0 aliphatic heterocycles. The first-order valence-corrected chi connectivity index (χ1v) is 11.6. The molecule has 10 nitrogen and oxygen atoms in total. The Balaban J connectivity index is 0.000000273. The number of hydrogen-bond acceptors (Lipinski definition) is 10. The molecule has 3 aromatic carbocycles. The van der Waals surface area contributed by atoms with Crippen LogP contribution in [0.3, 0.4) is 0 Å². The molecule has 0 spiro atoms. The zero-order valence-corrected chi connectivity index (χ0v) is 22.5. The Labute approximate surface area is 234 Å².